The number of fused-ring (bicyclic) bond motifs is 4. The van der Waals surface area contributed by atoms with Crippen molar-refractivity contribution in [1.82, 2.24) is 9.88 Å². The van der Waals surface area contributed by atoms with Crippen molar-refractivity contribution in [2.45, 2.75) is 43.2 Å². The first-order valence-corrected chi connectivity index (χ1v) is 10.2. The summed E-state index contributed by atoms with van der Waals surface area (Å²) in [5.41, 5.74) is 4.52. The molecule has 0 saturated heterocycles. The molecule has 3 aromatic rings. The Labute approximate surface area is 165 Å². The minimum Gasteiger partial charge on any atom is -0.368 e. The van der Waals surface area contributed by atoms with Gasteiger partial charge in [-0.15, -0.1) is 0 Å². The molecule has 5 rings (SSSR count). The summed E-state index contributed by atoms with van der Waals surface area (Å²) in [7, 11) is 4.37. The lowest BCUT2D eigenvalue weighted by atomic mass is 9.68. The number of benzene rings is 2. The normalized spacial score (nSPS) is 27.4. The van der Waals surface area contributed by atoms with Crippen LogP contribution in [0.15, 0.2) is 48.5 Å². The molecule has 1 fully saturated rings. The summed E-state index contributed by atoms with van der Waals surface area (Å²) in [6.07, 6.45) is 4.88. The molecule has 2 aliphatic rings. The first kappa shape index (κ1) is 17.9. The molecule has 28 heavy (non-hydrogen) atoms. The number of hydrogen-bond acceptors (Lipinski definition) is 2. The molecule has 4 heteroatoms. The fraction of sp³-hybridized carbons (Fsp3) is 0.417. The van der Waals surface area contributed by atoms with Crippen LogP contribution in [-0.4, -0.2) is 30.6 Å². The topological polar surface area (TPSA) is 28.3 Å². The lowest BCUT2D eigenvalue weighted by Crippen LogP contribution is -2.50. The van der Waals surface area contributed by atoms with Gasteiger partial charge in [-0.05, 0) is 75.5 Å². The van der Waals surface area contributed by atoms with Crippen molar-refractivity contribution in [3.63, 3.8) is 0 Å². The lowest BCUT2D eigenvalue weighted by Gasteiger charge is -2.50. The van der Waals surface area contributed by atoms with Gasteiger partial charge in [-0.2, -0.15) is 0 Å². The second-order valence-electron chi connectivity index (χ2n) is 8.55. The molecule has 0 unspecified atom stereocenters. The molecule has 146 valence electrons. The Bertz CT molecular complexity index is 1000. The average Bonchev–Trinajstić information content (AvgIpc) is 3.08. The molecule has 0 radical (unpaired) electrons. The van der Waals surface area contributed by atoms with Gasteiger partial charge in [0.2, 0.25) is 0 Å². The van der Waals surface area contributed by atoms with Gasteiger partial charge in [-0.3, -0.25) is 4.90 Å². The van der Waals surface area contributed by atoms with Crippen LogP contribution >= 0.6 is 0 Å². The summed E-state index contributed by atoms with van der Waals surface area (Å²) in [5, 5.41) is 1.14. The fourth-order valence-corrected chi connectivity index (χ4v) is 5.50. The monoisotopic (exact) mass is 378 g/mol. The van der Waals surface area contributed by atoms with Crippen LogP contribution in [0.2, 0.25) is 0 Å². The maximum absolute atomic E-state index is 13.8. The second-order valence-corrected chi connectivity index (χ2v) is 8.55. The van der Waals surface area contributed by atoms with Gasteiger partial charge in [0.1, 0.15) is 11.4 Å². The van der Waals surface area contributed by atoms with Crippen LogP contribution in [0.3, 0.4) is 0 Å². The van der Waals surface area contributed by atoms with Gasteiger partial charge in [-0.1, -0.05) is 30.3 Å². The maximum Gasteiger partial charge on any atom is 0.125 e. The fourth-order valence-electron chi connectivity index (χ4n) is 5.50. The molecular formula is C24H27FN2O. The van der Waals surface area contributed by atoms with E-state index >= 15 is 0 Å². The standard InChI is InChI=1S/C24H27FN2O/c1-27(2)23(17-6-4-3-5-7-17)11-13-24(14-12-23)22-20(10-15-28-24)19-9-8-18(25)16-21(19)26-22/h3-9,16,26H,10-15H2,1-2H3. The average molecular weight is 378 g/mol. The van der Waals surface area contributed by atoms with E-state index in [1.165, 1.54) is 16.8 Å². The molecular weight excluding hydrogens is 351 g/mol. The van der Waals surface area contributed by atoms with Crippen LogP contribution in [-0.2, 0) is 22.3 Å². The van der Waals surface area contributed by atoms with Crippen molar-refractivity contribution in [3.8, 4) is 0 Å². The number of nitrogens with zero attached hydrogens (tertiary/aromatic N) is 1. The van der Waals surface area contributed by atoms with E-state index < -0.39 is 0 Å². The molecule has 1 aliphatic heterocycles. The van der Waals surface area contributed by atoms with E-state index in [1.54, 1.807) is 12.1 Å². The number of H-pyrrole nitrogens is 1. The van der Waals surface area contributed by atoms with Gasteiger partial charge in [0.25, 0.3) is 0 Å². The molecule has 0 bridgehead atoms. The quantitative estimate of drug-likeness (QED) is 0.671. The number of rotatable bonds is 2. The van der Waals surface area contributed by atoms with Crippen molar-refractivity contribution in [2.24, 2.45) is 0 Å². The summed E-state index contributed by atoms with van der Waals surface area (Å²) in [6.45, 7) is 0.734. The second kappa shape index (κ2) is 6.43. The van der Waals surface area contributed by atoms with Crippen LogP contribution in [0.5, 0.6) is 0 Å². The molecule has 2 heterocycles. The third-order valence-electron chi connectivity index (χ3n) is 7.11. The van der Waals surface area contributed by atoms with Gasteiger partial charge >= 0.3 is 0 Å². The van der Waals surface area contributed by atoms with Crippen LogP contribution < -0.4 is 0 Å². The van der Waals surface area contributed by atoms with E-state index in [0.717, 1.165) is 49.6 Å². The summed E-state index contributed by atoms with van der Waals surface area (Å²) >= 11 is 0. The van der Waals surface area contributed by atoms with Crippen LogP contribution in [0.4, 0.5) is 4.39 Å². The predicted molar refractivity (Wildman–Crippen MR) is 110 cm³/mol. The Hall–Kier alpha value is -2.17. The Kier molecular flexibility index (Phi) is 4.11. The van der Waals surface area contributed by atoms with Crippen molar-refractivity contribution in [3.05, 3.63) is 71.2 Å². The number of hydrogen-bond donors (Lipinski definition) is 1. The minimum absolute atomic E-state index is 0.0333. The van der Waals surface area contributed by atoms with Crippen molar-refractivity contribution < 1.29 is 9.13 Å². The van der Waals surface area contributed by atoms with E-state index in [9.17, 15) is 4.39 Å². The zero-order valence-corrected chi connectivity index (χ0v) is 16.6. The highest BCUT2D eigenvalue weighted by atomic mass is 19.1. The van der Waals surface area contributed by atoms with Gasteiger partial charge in [0, 0.05) is 16.4 Å². The Morgan fingerprint density at radius 3 is 2.46 bits per heavy atom. The van der Waals surface area contributed by atoms with Gasteiger partial charge in [0.15, 0.2) is 0 Å². The number of nitrogens with one attached hydrogen (secondary N) is 1. The van der Waals surface area contributed by atoms with Crippen molar-refractivity contribution >= 4 is 10.9 Å². The van der Waals surface area contributed by atoms with Crippen LogP contribution in [0.1, 0.15) is 42.5 Å². The summed E-state index contributed by atoms with van der Waals surface area (Å²) < 4.78 is 20.2. The first-order chi connectivity index (χ1) is 13.5. The Balaban J connectivity index is 1.54. The SMILES string of the molecule is CN(C)C1(c2ccccc2)CCC2(CC1)OCCc1c2[nH]c2cc(F)ccc12. The number of aromatic nitrogens is 1. The van der Waals surface area contributed by atoms with Crippen molar-refractivity contribution in [1.29, 1.82) is 0 Å². The van der Waals surface area contributed by atoms with Crippen LogP contribution in [0.25, 0.3) is 10.9 Å². The third kappa shape index (κ3) is 2.55. The molecule has 1 aliphatic carbocycles. The highest BCUT2D eigenvalue weighted by Crippen LogP contribution is 2.52. The van der Waals surface area contributed by atoms with E-state index in [4.69, 9.17) is 4.74 Å². The lowest BCUT2D eigenvalue weighted by molar-refractivity contribution is -0.113. The van der Waals surface area contributed by atoms with E-state index in [1.807, 2.05) is 6.07 Å². The van der Waals surface area contributed by atoms with Gasteiger partial charge in [0.05, 0.1) is 12.3 Å². The Morgan fingerprint density at radius 1 is 1.00 bits per heavy atom. The zero-order chi connectivity index (χ0) is 19.4. The molecule has 2 aromatic carbocycles. The molecule has 3 nitrogen and oxygen atoms in total. The third-order valence-corrected chi connectivity index (χ3v) is 7.11. The molecule has 0 amide bonds. The molecule has 1 aromatic heterocycles. The molecule has 1 spiro atoms. The van der Waals surface area contributed by atoms with Gasteiger partial charge < -0.3 is 9.72 Å². The van der Waals surface area contributed by atoms with Crippen LogP contribution in [0, 0.1) is 5.82 Å². The highest BCUT2D eigenvalue weighted by Gasteiger charge is 2.49. The first-order valence-electron chi connectivity index (χ1n) is 10.2. The number of halogens is 1. The Morgan fingerprint density at radius 2 is 1.75 bits per heavy atom. The molecule has 1 saturated carbocycles. The maximum atomic E-state index is 13.8. The molecule has 0 atom stereocenters. The molecule has 1 N–H and O–H groups in total. The van der Waals surface area contributed by atoms with E-state index in [2.05, 4.69) is 54.3 Å². The van der Waals surface area contributed by atoms with E-state index in [-0.39, 0.29) is 17.0 Å². The smallest absolute Gasteiger partial charge is 0.125 e. The van der Waals surface area contributed by atoms with Crippen molar-refractivity contribution in [2.75, 3.05) is 20.7 Å². The summed E-state index contributed by atoms with van der Waals surface area (Å²) in [5.74, 6) is -0.194. The largest absolute Gasteiger partial charge is 0.368 e. The number of ether oxygens (including phenoxy) is 1. The highest BCUT2D eigenvalue weighted by molar-refractivity contribution is 5.85. The summed E-state index contributed by atoms with van der Waals surface area (Å²) in [6, 6.07) is 15.9. The minimum atomic E-state index is -0.280. The van der Waals surface area contributed by atoms with Gasteiger partial charge in [-0.25, -0.2) is 4.39 Å². The zero-order valence-electron chi connectivity index (χ0n) is 16.6. The summed E-state index contributed by atoms with van der Waals surface area (Å²) in [4.78, 5) is 5.91. The van der Waals surface area contributed by atoms with E-state index in [0.29, 0.717) is 0 Å². The number of aromatic amines is 1. The predicted octanol–water partition coefficient (Wildman–Crippen LogP) is 5.11.